The Kier molecular flexibility index (Phi) is 6.43. The Morgan fingerprint density at radius 1 is 0.298 bits per heavy atom. The van der Waals surface area contributed by atoms with Crippen LogP contribution < -0.4 is 0 Å². The second-order valence-corrected chi connectivity index (χ2v) is 11.7. The van der Waals surface area contributed by atoms with Crippen molar-refractivity contribution >= 4 is 32.7 Å². The third-order valence-corrected chi connectivity index (χ3v) is 8.73. The van der Waals surface area contributed by atoms with Crippen molar-refractivity contribution in [1.29, 1.82) is 0 Å². The van der Waals surface area contributed by atoms with E-state index in [9.17, 15) is 0 Å². The lowest BCUT2D eigenvalue weighted by atomic mass is 10.00. The first kappa shape index (κ1) is 27.0. The van der Waals surface area contributed by atoms with Gasteiger partial charge in [-0.25, -0.2) is 15.0 Å². The van der Waals surface area contributed by atoms with E-state index in [1.807, 2.05) is 42.5 Å². The molecule has 0 saturated carbocycles. The topological polar surface area (TPSA) is 51.8 Å². The van der Waals surface area contributed by atoms with E-state index in [2.05, 4.69) is 121 Å². The SMILES string of the molecule is c1ccc(-c2ccc(-c3nc(-c4ccc5cc(-c6ccccc6)ccc5c4)nc(-c4ccc5oc6ccccc6c5c4)n3)cc2)cc1. The van der Waals surface area contributed by atoms with Crippen molar-refractivity contribution in [2.24, 2.45) is 0 Å². The lowest BCUT2D eigenvalue weighted by Gasteiger charge is -2.10. The van der Waals surface area contributed by atoms with Crippen molar-refractivity contribution in [3.63, 3.8) is 0 Å². The average molecular weight is 602 g/mol. The molecule has 2 aromatic heterocycles. The predicted octanol–water partition coefficient (Wildman–Crippen LogP) is 11.3. The van der Waals surface area contributed by atoms with Crippen molar-refractivity contribution in [2.45, 2.75) is 0 Å². The van der Waals surface area contributed by atoms with E-state index >= 15 is 0 Å². The summed E-state index contributed by atoms with van der Waals surface area (Å²) < 4.78 is 6.10. The Morgan fingerprint density at radius 3 is 1.45 bits per heavy atom. The highest BCUT2D eigenvalue weighted by Gasteiger charge is 2.15. The molecule has 0 atom stereocenters. The summed E-state index contributed by atoms with van der Waals surface area (Å²) in [6.07, 6.45) is 0. The molecule has 7 aromatic carbocycles. The molecular formula is C43H27N3O. The van der Waals surface area contributed by atoms with E-state index in [4.69, 9.17) is 19.4 Å². The molecule has 4 nitrogen and oxygen atoms in total. The summed E-state index contributed by atoms with van der Waals surface area (Å²) in [5.74, 6) is 1.87. The van der Waals surface area contributed by atoms with E-state index in [1.54, 1.807) is 0 Å². The Hall–Kier alpha value is -6.39. The van der Waals surface area contributed by atoms with Gasteiger partial charge in [0.05, 0.1) is 0 Å². The van der Waals surface area contributed by atoms with E-state index in [0.717, 1.165) is 49.6 Å². The molecular weight excluding hydrogens is 574 g/mol. The van der Waals surface area contributed by atoms with Crippen molar-refractivity contribution in [3.8, 4) is 56.4 Å². The number of fused-ring (bicyclic) bond motifs is 4. The molecule has 4 heteroatoms. The van der Waals surface area contributed by atoms with E-state index in [1.165, 1.54) is 22.1 Å². The maximum Gasteiger partial charge on any atom is 0.164 e. The lowest BCUT2D eigenvalue weighted by Crippen LogP contribution is -2.00. The van der Waals surface area contributed by atoms with Crippen LogP contribution in [-0.4, -0.2) is 15.0 Å². The van der Waals surface area contributed by atoms with Crippen LogP contribution >= 0.6 is 0 Å². The predicted molar refractivity (Wildman–Crippen MR) is 192 cm³/mol. The van der Waals surface area contributed by atoms with Gasteiger partial charge in [-0.15, -0.1) is 0 Å². The Bertz CT molecular complexity index is 2550. The first-order valence-electron chi connectivity index (χ1n) is 15.7. The fourth-order valence-electron chi connectivity index (χ4n) is 6.27. The molecule has 0 radical (unpaired) electrons. The van der Waals surface area contributed by atoms with Gasteiger partial charge in [-0.05, 0) is 69.4 Å². The van der Waals surface area contributed by atoms with Crippen LogP contribution in [0, 0.1) is 0 Å². The van der Waals surface area contributed by atoms with Gasteiger partial charge < -0.3 is 4.42 Å². The second kappa shape index (κ2) is 11.2. The number of furan rings is 1. The van der Waals surface area contributed by atoms with Crippen molar-refractivity contribution in [1.82, 2.24) is 15.0 Å². The van der Waals surface area contributed by atoms with Crippen LogP contribution in [0.5, 0.6) is 0 Å². The smallest absolute Gasteiger partial charge is 0.164 e. The van der Waals surface area contributed by atoms with Gasteiger partial charge >= 0.3 is 0 Å². The molecule has 0 amide bonds. The number of nitrogens with zero attached hydrogens (tertiary/aromatic N) is 3. The highest BCUT2D eigenvalue weighted by atomic mass is 16.3. The zero-order valence-electron chi connectivity index (χ0n) is 25.3. The van der Waals surface area contributed by atoms with Crippen LogP contribution in [0.25, 0.3) is 89.1 Å². The van der Waals surface area contributed by atoms with E-state index in [0.29, 0.717) is 17.5 Å². The number of rotatable bonds is 5. The number of hydrogen-bond donors (Lipinski definition) is 0. The summed E-state index contributed by atoms with van der Waals surface area (Å²) in [5, 5.41) is 4.40. The highest BCUT2D eigenvalue weighted by Crippen LogP contribution is 2.34. The van der Waals surface area contributed by atoms with Gasteiger partial charge in [-0.2, -0.15) is 0 Å². The molecule has 9 rings (SSSR count). The number of hydrogen-bond acceptors (Lipinski definition) is 4. The average Bonchev–Trinajstić information content (AvgIpc) is 3.53. The van der Waals surface area contributed by atoms with Gasteiger partial charge in [-0.1, -0.05) is 127 Å². The molecule has 9 aromatic rings. The maximum absolute atomic E-state index is 6.10. The van der Waals surface area contributed by atoms with E-state index < -0.39 is 0 Å². The summed E-state index contributed by atoms with van der Waals surface area (Å²) >= 11 is 0. The van der Waals surface area contributed by atoms with Crippen molar-refractivity contribution < 1.29 is 4.42 Å². The summed E-state index contributed by atoms with van der Waals surface area (Å²) in [7, 11) is 0. The van der Waals surface area contributed by atoms with Crippen molar-refractivity contribution in [3.05, 3.63) is 164 Å². The molecule has 0 bridgehead atoms. The van der Waals surface area contributed by atoms with Gasteiger partial charge in [0.15, 0.2) is 17.5 Å². The van der Waals surface area contributed by atoms with Crippen LogP contribution in [0.15, 0.2) is 168 Å². The van der Waals surface area contributed by atoms with Gasteiger partial charge in [0.25, 0.3) is 0 Å². The minimum atomic E-state index is 0.615. The van der Waals surface area contributed by atoms with Gasteiger partial charge in [-0.3, -0.25) is 0 Å². The maximum atomic E-state index is 6.10. The van der Waals surface area contributed by atoms with Crippen LogP contribution in [0.2, 0.25) is 0 Å². The third kappa shape index (κ3) is 5.02. The first-order valence-corrected chi connectivity index (χ1v) is 15.7. The highest BCUT2D eigenvalue weighted by molar-refractivity contribution is 6.06. The molecule has 2 heterocycles. The molecule has 0 aliphatic rings. The zero-order chi connectivity index (χ0) is 31.2. The normalized spacial score (nSPS) is 11.4. The monoisotopic (exact) mass is 601 g/mol. The lowest BCUT2D eigenvalue weighted by molar-refractivity contribution is 0.669. The van der Waals surface area contributed by atoms with Crippen LogP contribution in [-0.2, 0) is 0 Å². The summed E-state index contributed by atoms with van der Waals surface area (Å²) in [4.78, 5) is 15.1. The Balaban J connectivity index is 1.17. The number of benzene rings is 7. The van der Waals surface area contributed by atoms with Gasteiger partial charge in [0, 0.05) is 27.5 Å². The fourth-order valence-corrected chi connectivity index (χ4v) is 6.27. The molecule has 0 spiro atoms. The molecule has 0 aliphatic carbocycles. The number of aromatic nitrogens is 3. The molecule has 0 aliphatic heterocycles. The number of para-hydroxylation sites is 1. The quantitative estimate of drug-likeness (QED) is 0.197. The van der Waals surface area contributed by atoms with Crippen LogP contribution in [0.4, 0.5) is 0 Å². The Morgan fingerprint density at radius 2 is 0.745 bits per heavy atom. The van der Waals surface area contributed by atoms with Gasteiger partial charge in [0.1, 0.15) is 11.2 Å². The molecule has 0 fully saturated rings. The molecule has 0 unspecified atom stereocenters. The van der Waals surface area contributed by atoms with E-state index in [-0.39, 0.29) is 0 Å². The standard InChI is InChI=1S/C43H27N3O/c1-3-9-28(10-4-1)30-15-17-31(18-16-30)41-44-42(35-22-21-33-25-32(19-20-34(33)26-35)29-11-5-2-6-12-29)46-43(45-41)36-23-24-40-38(27-36)37-13-7-8-14-39(37)47-40/h1-27H. The van der Waals surface area contributed by atoms with Crippen LogP contribution in [0.1, 0.15) is 0 Å². The minimum Gasteiger partial charge on any atom is -0.456 e. The largest absolute Gasteiger partial charge is 0.456 e. The summed E-state index contributed by atoms with van der Waals surface area (Å²) in [6.45, 7) is 0. The summed E-state index contributed by atoms with van der Waals surface area (Å²) in [5.41, 5.74) is 9.18. The molecule has 220 valence electrons. The molecule has 0 N–H and O–H groups in total. The van der Waals surface area contributed by atoms with Crippen LogP contribution in [0.3, 0.4) is 0 Å². The molecule has 0 saturated heterocycles. The summed E-state index contributed by atoms with van der Waals surface area (Å²) in [6, 6.07) is 56.5. The minimum absolute atomic E-state index is 0.615. The first-order chi connectivity index (χ1) is 23.2. The zero-order valence-corrected chi connectivity index (χ0v) is 25.3. The molecule has 47 heavy (non-hydrogen) atoms. The second-order valence-electron chi connectivity index (χ2n) is 11.7. The van der Waals surface area contributed by atoms with Crippen molar-refractivity contribution in [2.75, 3.05) is 0 Å². The van der Waals surface area contributed by atoms with Gasteiger partial charge in [0.2, 0.25) is 0 Å². The fraction of sp³-hybridized carbons (Fsp3) is 0. The third-order valence-electron chi connectivity index (χ3n) is 8.73. The Labute approximate surface area is 271 Å².